The molecule has 0 heterocycles. The lowest BCUT2D eigenvalue weighted by Gasteiger charge is -2.24. The highest BCUT2D eigenvalue weighted by Crippen LogP contribution is 2.27. The summed E-state index contributed by atoms with van der Waals surface area (Å²) in [5.41, 5.74) is 15.5. The Morgan fingerprint density at radius 2 is 0.760 bits per heavy atom. The summed E-state index contributed by atoms with van der Waals surface area (Å²) in [5, 5.41) is 73.7. The van der Waals surface area contributed by atoms with Crippen molar-refractivity contribution in [3.63, 3.8) is 0 Å². The van der Waals surface area contributed by atoms with Gasteiger partial charge in [0.2, 0.25) is 0 Å². The lowest BCUT2D eigenvalue weighted by atomic mass is 10.0. The van der Waals surface area contributed by atoms with Gasteiger partial charge in [0, 0.05) is 12.1 Å². The molecule has 0 saturated carbocycles. The van der Waals surface area contributed by atoms with Gasteiger partial charge >= 0.3 is 11.9 Å². The fourth-order valence-electron chi connectivity index (χ4n) is 7.94. The molecule has 0 aromatic heterocycles. The average molecular weight is 1030 g/mol. The first-order chi connectivity index (χ1) is 34.7. The Hall–Kier alpha value is -7.53. The molecule has 6 aromatic rings. The van der Waals surface area contributed by atoms with Gasteiger partial charge in [-0.2, -0.15) is 5.26 Å². The maximum absolute atomic E-state index is 11.0. The van der Waals surface area contributed by atoms with Gasteiger partial charge in [-0.3, -0.25) is 9.59 Å². The molecule has 0 amide bonds. The number of carbonyl (C=O) groups is 2. The summed E-state index contributed by atoms with van der Waals surface area (Å²) in [6.45, 7) is 24.3. The number of aromatic hydroxyl groups is 6. The SMILES string of the molecule is COC(=O)Cc1cc(C)c(O)c(C)c1.Cc1cc(CC#N)cc(C)c1O.Cc1cc(CC(=O)O)cc(C)c1O.Cc1cc(CN(C)C)cc(C)c1O.Cc1cc(C[N+](C)(C)C)cc(C)c1O.Cc1cccc(C)c1O. The fourth-order valence-corrected chi connectivity index (χ4v) is 7.94. The number of carboxylic acids is 1. The maximum atomic E-state index is 11.0. The molecular weight excluding hydrogens is 947 g/mol. The minimum absolute atomic E-state index is 0.00194. The number of benzene rings is 6. The Bertz CT molecular complexity index is 2770. The van der Waals surface area contributed by atoms with Crippen LogP contribution in [0.15, 0.2) is 78.9 Å². The summed E-state index contributed by atoms with van der Waals surface area (Å²) in [5.74, 6) is 0.999. The summed E-state index contributed by atoms with van der Waals surface area (Å²) >= 11 is 0. The molecule has 0 aliphatic heterocycles. The number of ether oxygens (including phenoxy) is 1. The third kappa shape index (κ3) is 23.5. The number of nitrogens with zero attached hydrogens (tertiary/aromatic N) is 3. The first-order valence-corrected chi connectivity index (χ1v) is 24.5. The van der Waals surface area contributed by atoms with Gasteiger partial charge in [-0.05, 0) is 198 Å². The highest BCUT2D eigenvalue weighted by molar-refractivity contribution is 5.73. The van der Waals surface area contributed by atoms with E-state index in [1.165, 1.54) is 18.2 Å². The molecule has 0 aliphatic rings. The predicted octanol–water partition coefficient (Wildman–Crippen LogP) is 11.7. The van der Waals surface area contributed by atoms with E-state index in [1.54, 1.807) is 38.1 Å². The van der Waals surface area contributed by atoms with E-state index >= 15 is 0 Å². The van der Waals surface area contributed by atoms with Gasteiger partial charge in [0.05, 0.1) is 53.6 Å². The topological polar surface area (TPSA) is 212 Å². The number of para-hydroxylation sites is 1. The highest BCUT2D eigenvalue weighted by atomic mass is 16.5. The minimum Gasteiger partial charge on any atom is -0.507 e. The molecular formula is C62H84N3O10+. The largest absolute Gasteiger partial charge is 0.507 e. The van der Waals surface area contributed by atoms with Crippen LogP contribution in [0.1, 0.15) is 94.6 Å². The van der Waals surface area contributed by atoms with Crippen molar-refractivity contribution >= 4 is 11.9 Å². The molecule has 0 spiro atoms. The van der Waals surface area contributed by atoms with E-state index < -0.39 is 5.97 Å². The van der Waals surface area contributed by atoms with Crippen molar-refractivity contribution in [1.82, 2.24) is 4.90 Å². The van der Waals surface area contributed by atoms with Crippen molar-refractivity contribution in [3.8, 4) is 40.6 Å². The smallest absolute Gasteiger partial charge is 0.309 e. The lowest BCUT2D eigenvalue weighted by Crippen LogP contribution is -2.33. The van der Waals surface area contributed by atoms with Gasteiger partial charge in [-0.25, -0.2) is 0 Å². The minimum atomic E-state index is -0.857. The van der Waals surface area contributed by atoms with Crippen LogP contribution in [0.2, 0.25) is 0 Å². The van der Waals surface area contributed by atoms with Crippen molar-refractivity contribution in [2.24, 2.45) is 0 Å². The van der Waals surface area contributed by atoms with Crippen molar-refractivity contribution in [2.75, 3.05) is 42.3 Å². The zero-order valence-electron chi connectivity index (χ0n) is 47.7. The van der Waals surface area contributed by atoms with E-state index in [1.807, 2.05) is 126 Å². The molecule has 6 aromatic carbocycles. The van der Waals surface area contributed by atoms with Crippen molar-refractivity contribution < 1.29 is 54.6 Å². The van der Waals surface area contributed by atoms with E-state index in [-0.39, 0.29) is 24.6 Å². The van der Waals surface area contributed by atoms with Crippen LogP contribution in [0.5, 0.6) is 34.5 Å². The number of phenolic OH excluding ortho intramolecular Hbond substituents is 6. The number of nitriles is 1. The van der Waals surface area contributed by atoms with Gasteiger partial charge in [-0.15, -0.1) is 0 Å². The molecule has 406 valence electrons. The molecule has 0 saturated heterocycles. The Morgan fingerprint density at radius 1 is 0.480 bits per heavy atom. The van der Waals surface area contributed by atoms with E-state index in [0.717, 1.165) is 101 Å². The second kappa shape index (κ2) is 30.6. The number of carbonyl (C=O) groups excluding carboxylic acids is 1. The van der Waals surface area contributed by atoms with Crippen LogP contribution in [0, 0.1) is 94.4 Å². The van der Waals surface area contributed by atoms with E-state index in [9.17, 15) is 40.2 Å². The van der Waals surface area contributed by atoms with Crippen LogP contribution in [-0.4, -0.2) is 99.4 Å². The summed E-state index contributed by atoms with van der Waals surface area (Å²) in [6, 6.07) is 26.6. The number of phenols is 6. The number of carboxylic acid groups (broad SMARTS) is 1. The van der Waals surface area contributed by atoms with Crippen molar-refractivity contribution in [3.05, 3.63) is 173 Å². The molecule has 0 radical (unpaired) electrons. The average Bonchev–Trinajstić information content (AvgIpc) is 3.29. The molecule has 0 bridgehead atoms. The van der Waals surface area contributed by atoms with Gasteiger partial charge < -0.3 is 49.9 Å². The lowest BCUT2D eigenvalue weighted by molar-refractivity contribution is -0.884. The zero-order chi connectivity index (χ0) is 57.7. The second-order valence-corrected chi connectivity index (χ2v) is 20.5. The molecule has 75 heavy (non-hydrogen) atoms. The number of methoxy groups -OCH3 is 1. The van der Waals surface area contributed by atoms with E-state index in [0.29, 0.717) is 35.2 Å². The number of quaternary nitrogens is 1. The van der Waals surface area contributed by atoms with Crippen molar-refractivity contribution in [1.29, 1.82) is 5.26 Å². The van der Waals surface area contributed by atoms with Crippen LogP contribution in [0.4, 0.5) is 0 Å². The standard InChI is InChI=1S/C12H19NO.C11H17NO.C11H14O3.C10H11NO.C10H12O3.C8H10O/c1-9-6-11(8-13(3,4)5)7-10(2)12(9)14;1-8-5-10(7-12(3)4)6-9(2)11(8)13;1-7-4-9(6-10(12)14-3)5-8(2)11(7)13;1-7-5-9(3-4-11)6-8(2)10(7)12;1-6-3-8(5-9(11)12)4-7(2)10(6)13;1-6-4-3-5-7(2)8(6)9/h6-7H,8H2,1-5H3;5-6,13H,7H2,1-4H3;4-5,13H,6H2,1-3H3;5-6,12H,3H2,1-2H3;3-4,13H,5H2,1-2H3,(H,11,12);3-5,9H,1-2H3/p+1. The predicted molar refractivity (Wildman–Crippen MR) is 301 cm³/mol. The Labute approximate surface area is 446 Å². The molecule has 13 heteroatoms. The van der Waals surface area contributed by atoms with Crippen molar-refractivity contribution in [2.45, 2.75) is 115 Å². The fraction of sp³-hybridized carbons (Fsp3) is 0.371. The van der Waals surface area contributed by atoms with Crippen LogP contribution in [-0.2, 0) is 46.7 Å². The summed E-state index contributed by atoms with van der Waals surface area (Å²) in [6.07, 6.45) is 0.655. The summed E-state index contributed by atoms with van der Waals surface area (Å²) in [7, 11) is 11.9. The maximum Gasteiger partial charge on any atom is 0.309 e. The number of esters is 1. The summed E-state index contributed by atoms with van der Waals surface area (Å²) in [4.78, 5) is 23.5. The van der Waals surface area contributed by atoms with Gasteiger partial charge in [0.15, 0.2) is 0 Å². The molecule has 13 nitrogen and oxygen atoms in total. The van der Waals surface area contributed by atoms with Crippen LogP contribution in [0.3, 0.4) is 0 Å². The van der Waals surface area contributed by atoms with Crippen LogP contribution >= 0.6 is 0 Å². The molecule has 0 aliphatic carbocycles. The Kier molecular flexibility index (Phi) is 26.7. The number of hydrogen-bond donors (Lipinski definition) is 7. The van der Waals surface area contributed by atoms with Gasteiger partial charge in [-0.1, -0.05) is 66.7 Å². The number of rotatable bonds is 9. The molecule has 7 N–H and O–H groups in total. The Balaban J connectivity index is 0.000000452. The van der Waals surface area contributed by atoms with Crippen LogP contribution < -0.4 is 0 Å². The molecule has 6 rings (SSSR count). The second-order valence-electron chi connectivity index (χ2n) is 20.5. The van der Waals surface area contributed by atoms with E-state index in [4.69, 9.17) is 10.4 Å². The normalized spacial score (nSPS) is 10.3. The third-order valence-corrected chi connectivity index (χ3v) is 11.6. The van der Waals surface area contributed by atoms with Gasteiger partial charge in [0.1, 0.15) is 41.0 Å². The van der Waals surface area contributed by atoms with Gasteiger partial charge in [0.25, 0.3) is 0 Å². The third-order valence-electron chi connectivity index (χ3n) is 11.6. The highest BCUT2D eigenvalue weighted by Gasteiger charge is 2.12. The monoisotopic (exact) mass is 1030 g/mol. The first-order valence-electron chi connectivity index (χ1n) is 24.5. The molecule has 0 unspecified atom stereocenters. The zero-order valence-corrected chi connectivity index (χ0v) is 47.7. The first kappa shape index (κ1) is 65.5. The number of hydrogen-bond acceptors (Lipinski definition) is 11. The quantitative estimate of drug-likeness (QED) is 0.0533. The number of aliphatic carboxylic acids is 1. The summed E-state index contributed by atoms with van der Waals surface area (Å²) < 4.78 is 5.47. The molecule has 0 fully saturated rings. The molecule has 0 atom stereocenters. The van der Waals surface area contributed by atoms with E-state index in [2.05, 4.69) is 49.0 Å². The van der Waals surface area contributed by atoms with Crippen LogP contribution in [0.25, 0.3) is 0 Å². The number of aryl methyl sites for hydroxylation is 12. The Morgan fingerprint density at radius 3 is 1.03 bits per heavy atom.